The van der Waals surface area contributed by atoms with Crippen LogP contribution >= 0.6 is 12.2 Å². The summed E-state index contributed by atoms with van der Waals surface area (Å²) in [4.78, 5) is 26.6. The van der Waals surface area contributed by atoms with Crippen molar-refractivity contribution in [2.24, 2.45) is 5.73 Å². The maximum atomic E-state index is 11.3. The lowest BCUT2D eigenvalue weighted by molar-refractivity contribution is -0.137. The van der Waals surface area contributed by atoms with Crippen LogP contribution in [0.4, 0.5) is 5.69 Å². The largest absolute Gasteiger partial charge is 0.366 e. The average Bonchev–Trinajstić information content (AvgIpc) is 2.34. The van der Waals surface area contributed by atoms with Crippen molar-refractivity contribution in [3.05, 3.63) is 42.5 Å². The molecule has 0 aromatic heterocycles. The summed E-state index contributed by atoms with van der Waals surface area (Å²) < 4.78 is 0. The second kappa shape index (κ2) is 6.39. The summed E-state index contributed by atoms with van der Waals surface area (Å²) in [6, 6.07) is 8.80. The Hall–Kier alpha value is -2.21. The van der Waals surface area contributed by atoms with Crippen LogP contribution in [-0.4, -0.2) is 17.4 Å². The SMILES string of the molecule is NC(=O)/C=C\C(=O)ON(C=S)c1ccccc1. The van der Waals surface area contributed by atoms with Gasteiger partial charge in [0.15, 0.2) is 0 Å². The van der Waals surface area contributed by atoms with Gasteiger partial charge in [-0.15, -0.1) is 0 Å². The third-order valence-corrected chi connectivity index (χ3v) is 1.87. The summed E-state index contributed by atoms with van der Waals surface area (Å²) in [5.41, 5.74) is 6.61. The highest BCUT2D eigenvalue weighted by Crippen LogP contribution is 2.12. The first-order valence-corrected chi connectivity index (χ1v) is 5.09. The Morgan fingerprint density at radius 3 is 2.41 bits per heavy atom. The maximum absolute atomic E-state index is 11.3. The minimum absolute atomic E-state index is 0.600. The molecule has 0 spiro atoms. The summed E-state index contributed by atoms with van der Waals surface area (Å²) in [5, 5.41) is 1.11. The molecular formula is C11H10N2O3S. The maximum Gasteiger partial charge on any atom is 0.356 e. The van der Waals surface area contributed by atoms with Crippen LogP contribution in [-0.2, 0) is 14.4 Å². The normalized spacial score (nSPS) is 9.88. The third-order valence-electron chi connectivity index (χ3n) is 1.68. The second-order valence-electron chi connectivity index (χ2n) is 2.91. The Balaban J connectivity index is 2.68. The van der Waals surface area contributed by atoms with Crippen LogP contribution in [0.15, 0.2) is 42.5 Å². The highest BCUT2D eigenvalue weighted by molar-refractivity contribution is 7.79. The van der Waals surface area contributed by atoms with Crippen molar-refractivity contribution in [3.8, 4) is 0 Å². The molecular weight excluding hydrogens is 240 g/mol. The smallest absolute Gasteiger partial charge is 0.356 e. The number of carbonyl (C=O) groups excluding carboxylic acids is 2. The van der Waals surface area contributed by atoms with E-state index in [-0.39, 0.29) is 0 Å². The number of carbonyl (C=O) groups is 2. The van der Waals surface area contributed by atoms with E-state index >= 15 is 0 Å². The van der Waals surface area contributed by atoms with Gasteiger partial charge < -0.3 is 10.6 Å². The first kappa shape index (κ1) is 12.9. The number of hydroxylamine groups is 1. The predicted molar refractivity (Wildman–Crippen MR) is 67.0 cm³/mol. The van der Waals surface area contributed by atoms with Gasteiger partial charge in [0.05, 0.1) is 5.69 Å². The van der Waals surface area contributed by atoms with Gasteiger partial charge in [-0.05, 0) is 12.1 Å². The van der Waals surface area contributed by atoms with Gasteiger partial charge in [-0.2, -0.15) is 5.06 Å². The zero-order valence-corrected chi connectivity index (χ0v) is 9.59. The zero-order valence-electron chi connectivity index (χ0n) is 8.78. The summed E-state index contributed by atoms with van der Waals surface area (Å²) in [5.74, 6) is -1.47. The van der Waals surface area contributed by atoms with E-state index < -0.39 is 11.9 Å². The molecule has 1 aromatic carbocycles. The number of anilines is 1. The predicted octanol–water partition coefficient (Wildman–Crippen LogP) is 0.950. The topological polar surface area (TPSA) is 72.6 Å². The molecule has 0 aliphatic heterocycles. The lowest BCUT2D eigenvalue weighted by atomic mass is 10.3. The number of rotatable bonds is 5. The molecule has 0 unspecified atom stereocenters. The lowest BCUT2D eigenvalue weighted by Crippen LogP contribution is -2.24. The molecule has 6 heteroatoms. The molecule has 5 nitrogen and oxygen atoms in total. The third kappa shape index (κ3) is 4.43. The van der Waals surface area contributed by atoms with E-state index in [0.29, 0.717) is 5.69 Å². The molecule has 0 fully saturated rings. The highest BCUT2D eigenvalue weighted by atomic mass is 32.1. The number of nitrogens with zero attached hydrogens (tertiary/aromatic N) is 1. The van der Waals surface area contributed by atoms with Crippen LogP contribution in [0, 0.1) is 0 Å². The molecule has 1 rings (SSSR count). The van der Waals surface area contributed by atoms with Crippen molar-refractivity contribution in [1.82, 2.24) is 0 Å². The van der Waals surface area contributed by atoms with E-state index in [2.05, 4.69) is 0 Å². The van der Waals surface area contributed by atoms with Gasteiger partial charge in [0.1, 0.15) is 5.49 Å². The number of hydrogen-bond acceptors (Lipinski definition) is 4. The molecule has 0 heterocycles. The second-order valence-corrected chi connectivity index (χ2v) is 3.12. The van der Waals surface area contributed by atoms with Crippen molar-refractivity contribution >= 4 is 35.3 Å². The summed E-state index contributed by atoms with van der Waals surface area (Å²) in [7, 11) is 0. The number of nitrogens with two attached hydrogens (primary N) is 1. The van der Waals surface area contributed by atoms with E-state index in [4.69, 9.17) is 22.8 Å². The number of benzene rings is 1. The number of para-hydroxylation sites is 1. The zero-order chi connectivity index (χ0) is 12.7. The Morgan fingerprint density at radius 1 is 1.24 bits per heavy atom. The summed E-state index contributed by atoms with van der Waals surface area (Å²) in [6.45, 7) is 0. The molecule has 0 saturated carbocycles. The number of amides is 1. The molecule has 0 atom stereocenters. The number of primary amides is 1. The first-order valence-electron chi connectivity index (χ1n) is 4.62. The molecule has 0 aliphatic rings. The van der Waals surface area contributed by atoms with Crippen LogP contribution in [0.1, 0.15) is 0 Å². The molecule has 1 amide bonds. The van der Waals surface area contributed by atoms with Crippen LogP contribution in [0.2, 0.25) is 0 Å². The van der Waals surface area contributed by atoms with Crippen molar-refractivity contribution in [1.29, 1.82) is 0 Å². The van der Waals surface area contributed by atoms with Crippen molar-refractivity contribution in [2.75, 3.05) is 5.06 Å². The molecule has 0 saturated heterocycles. The average molecular weight is 250 g/mol. The van der Waals surface area contributed by atoms with Gasteiger partial charge in [0.25, 0.3) is 0 Å². The van der Waals surface area contributed by atoms with Gasteiger partial charge in [-0.25, -0.2) is 4.79 Å². The molecule has 0 aliphatic carbocycles. The van der Waals surface area contributed by atoms with Crippen molar-refractivity contribution < 1.29 is 14.4 Å². The van der Waals surface area contributed by atoms with Crippen LogP contribution in [0.3, 0.4) is 0 Å². The Bertz CT molecular complexity index is 445. The van der Waals surface area contributed by atoms with Gasteiger partial charge in [0, 0.05) is 12.2 Å². The van der Waals surface area contributed by atoms with Crippen molar-refractivity contribution in [3.63, 3.8) is 0 Å². The van der Waals surface area contributed by atoms with E-state index in [1.165, 1.54) is 5.49 Å². The standard InChI is InChI=1S/C11H10N2O3S/c12-10(14)6-7-11(15)16-13(8-17)9-4-2-1-3-5-9/h1-8H,(H2,12,14)/b7-6-. The fourth-order valence-corrected chi connectivity index (χ4v) is 1.15. The van der Waals surface area contributed by atoms with E-state index in [9.17, 15) is 9.59 Å². The van der Waals surface area contributed by atoms with E-state index in [1.54, 1.807) is 24.3 Å². The minimum atomic E-state index is -0.742. The van der Waals surface area contributed by atoms with Crippen molar-refractivity contribution in [2.45, 2.75) is 0 Å². The molecule has 0 radical (unpaired) electrons. The van der Waals surface area contributed by atoms with Gasteiger partial charge in [-0.3, -0.25) is 4.79 Å². The van der Waals surface area contributed by atoms with Gasteiger partial charge >= 0.3 is 5.97 Å². The lowest BCUT2D eigenvalue weighted by Gasteiger charge is -2.16. The van der Waals surface area contributed by atoms with Crippen LogP contribution in [0.5, 0.6) is 0 Å². The monoisotopic (exact) mass is 250 g/mol. The van der Waals surface area contributed by atoms with Gasteiger partial charge in [0.2, 0.25) is 5.91 Å². The molecule has 1 aromatic rings. The fraction of sp³-hybridized carbons (Fsp3) is 0. The van der Waals surface area contributed by atoms with Crippen LogP contribution < -0.4 is 10.8 Å². The molecule has 88 valence electrons. The quantitative estimate of drug-likeness (QED) is 0.478. The number of thiocarbonyl (C=S) groups is 1. The van der Waals surface area contributed by atoms with Crippen LogP contribution in [0.25, 0.3) is 0 Å². The Kier molecular flexibility index (Phi) is 4.83. The fourth-order valence-electron chi connectivity index (χ4n) is 0.988. The molecule has 2 N–H and O–H groups in total. The van der Waals surface area contributed by atoms with E-state index in [0.717, 1.165) is 17.2 Å². The summed E-state index contributed by atoms with van der Waals surface area (Å²) >= 11 is 4.72. The highest BCUT2D eigenvalue weighted by Gasteiger charge is 2.07. The number of hydrogen-bond donors (Lipinski definition) is 1. The van der Waals surface area contributed by atoms with E-state index in [1.807, 2.05) is 6.07 Å². The Morgan fingerprint density at radius 2 is 1.88 bits per heavy atom. The molecule has 17 heavy (non-hydrogen) atoms. The van der Waals surface area contributed by atoms with Gasteiger partial charge in [-0.1, -0.05) is 30.4 Å². The summed E-state index contributed by atoms with van der Waals surface area (Å²) in [6.07, 6.45) is 1.84. The first-order chi connectivity index (χ1) is 8.13. The molecule has 0 bridgehead atoms. The Labute approximate surface area is 103 Å². The minimum Gasteiger partial charge on any atom is -0.366 e.